The minimum Gasteiger partial charge on any atom is -0.497 e. The Hall–Kier alpha value is -3.61. The topological polar surface area (TPSA) is 165 Å². The minimum absolute atomic E-state index is 0.250. The summed E-state index contributed by atoms with van der Waals surface area (Å²) >= 11 is 1.23. The van der Waals surface area contributed by atoms with Crippen LogP contribution < -0.4 is 15.9 Å². The number of anilines is 1. The highest BCUT2D eigenvalue weighted by atomic mass is 32.1. The van der Waals surface area contributed by atoms with Gasteiger partial charge in [-0.05, 0) is 40.9 Å². The van der Waals surface area contributed by atoms with Gasteiger partial charge in [0.15, 0.2) is 0 Å². The van der Waals surface area contributed by atoms with E-state index in [4.69, 9.17) is 20.4 Å². The summed E-state index contributed by atoms with van der Waals surface area (Å²) in [5.41, 5.74) is 9.68. The van der Waals surface area contributed by atoms with E-state index in [0.29, 0.717) is 22.0 Å². The summed E-state index contributed by atoms with van der Waals surface area (Å²) in [6.45, 7) is -0.250. The molecule has 0 aliphatic rings. The molecule has 4 rings (SSSR count). The van der Waals surface area contributed by atoms with Crippen LogP contribution in [0.5, 0.6) is 5.75 Å². The molecule has 12 heteroatoms. The number of carboxylic acid groups (broad SMARTS) is 1. The zero-order chi connectivity index (χ0) is 21.7. The van der Waals surface area contributed by atoms with E-state index in [9.17, 15) is 10.0 Å². The van der Waals surface area contributed by atoms with Crippen LogP contribution in [0.4, 0.5) is 5.69 Å². The third-order valence-electron chi connectivity index (χ3n) is 4.22. The molecule has 30 heavy (non-hydrogen) atoms. The molecular weight excluding hydrogens is 409 g/mol. The molecule has 0 bridgehead atoms. The van der Waals surface area contributed by atoms with Crippen molar-refractivity contribution in [2.24, 2.45) is 0 Å². The van der Waals surface area contributed by atoms with Gasteiger partial charge in [0.2, 0.25) is 0 Å². The van der Waals surface area contributed by atoms with Crippen molar-refractivity contribution in [3.63, 3.8) is 0 Å². The lowest BCUT2D eigenvalue weighted by Gasteiger charge is -2.15. The number of nitrogen functional groups attached to an aromatic ring is 1. The van der Waals surface area contributed by atoms with Gasteiger partial charge >= 0.3 is 7.12 Å². The van der Waals surface area contributed by atoms with Gasteiger partial charge in [-0.1, -0.05) is 12.1 Å². The fraction of sp³-hybridized carbons (Fsp3) is 0.0556. The molecule has 0 unspecified atom stereocenters. The van der Waals surface area contributed by atoms with E-state index in [-0.39, 0.29) is 11.9 Å². The average molecular weight is 425 g/mol. The maximum atomic E-state index is 9.75. The van der Waals surface area contributed by atoms with Crippen LogP contribution in [0.3, 0.4) is 0 Å². The van der Waals surface area contributed by atoms with E-state index in [0.717, 1.165) is 22.1 Å². The molecule has 0 aliphatic heterocycles. The average Bonchev–Trinajstić information content (AvgIpc) is 3.28. The van der Waals surface area contributed by atoms with Gasteiger partial charge in [-0.15, -0.1) is 0 Å². The normalized spacial score (nSPS) is 10.2. The molecule has 152 valence electrons. The maximum absolute atomic E-state index is 9.75. The second kappa shape index (κ2) is 9.26. The molecule has 2 aromatic carbocycles. The summed E-state index contributed by atoms with van der Waals surface area (Å²) in [5, 5.41) is 35.9. The van der Waals surface area contributed by atoms with Crippen molar-refractivity contribution in [2.45, 2.75) is 0 Å². The maximum Gasteiger partial charge on any atom is 0.492 e. The third-order valence-corrected chi connectivity index (χ3v) is 4.92. The number of carbonyl (C=O) groups is 1. The molecule has 2 aromatic heterocycles. The SMILES string of the molecule is COc1cc(-c2ncns2)c(-c2ccc3c(N)cnnc3c2)cc1B(O)O.O=CO. The number of ether oxygens (including phenoxy) is 1. The lowest BCUT2D eigenvalue weighted by molar-refractivity contribution is -0.122. The summed E-state index contributed by atoms with van der Waals surface area (Å²) in [6, 6.07) is 8.98. The molecule has 10 nitrogen and oxygen atoms in total. The van der Waals surface area contributed by atoms with Gasteiger partial charge < -0.3 is 25.6 Å². The van der Waals surface area contributed by atoms with Gasteiger partial charge in [-0.3, -0.25) is 4.79 Å². The fourth-order valence-electron chi connectivity index (χ4n) is 2.93. The van der Waals surface area contributed by atoms with Crippen molar-refractivity contribution in [1.29, 1.82) is 0 Å². The van der Waals surface area contributed by atoms with Crippen LogP contribution in [0.25, 0.3) is 32.6 Å². The van der Waals surface area contributed by atoms with Crippen molar-refractivity contribution in [1.82, 2.24) is 19.6 Å². The Balaban J connectivity index is 0.000000806. The highest BCUT2D eigenvalue weighted by Gasteiger charge is 2.22. The second-order valence-electron chi connectivity index (χ2n) is 5.90. The van der Waals surface area contributed by atoms with Gasteiger partial charge in [0.05, 0.1) is 24.5 Å². The highest BCUT2D eigenvalue weighted by molar-refractivity contribution is 7.09. The Kier molecular flexibility index (Phi) is 6.52. The molecule has 5 N–H and O–H groups in total. The zero-order valence-electron chi connectivity index (χ0n) is 15.6. The molecule has 0 saturated heterocycles. The molecule has 0 atom stereocenters. The zero-order valence-corrected chi connectivity index (χ0v) is 16.4. The van der Waals surface area contributed by atoms with E-state index in [1.165, 1.54) is 31.2 Å². The van der Waals surface area contributed by atoms with Crippen LogP contribution in [0, 0.1) is 0 Å². The molecule has 0 fully saturated rings. The first kappa shape index (κ1) is 21.1. The molecule has 0 amide bonds. The van der Waals surface area contributed by atoms with Crippen molar-refractivity contribution in [3.8, 4) is 27.4 Å². The molecule has 0 spiro atoms. The summed E-state index contributed by atoms with van der Waals surface area (Å²) in [7, 11) is -0.211. The van der Waals surface area contributed by atoms with E-state index < -0.39 is 7.12 Å². The standard InChI is InChI=1S/C17H14BN5O3S.CH2O2/c1-26-16-6-12(17-20-8-22-27-17)11(5-13(16)18(24)25)9-2-3-10-14(19)7-21-23-15(10)4-9;2-1-3/h2-8,24-25H,1H3,(H2,19,23);1H,(H,2,3). The van der Waals surface area contributed by atoms with Crippen molar-refractivity contribution in [2.75, 3.05) is 12.8 Å². The van der Waals surface area contributed by atoms with Crippen LogP contribution >= 0.6 is 11.5 Å². The lowest BCUT2D eigenvalue weighted by Crippen LogP contribution is -2.31. The number of hydrogen-bond acceptors (Lipinski definition) is 10. The number of aromatic nitrogens is 4. The number of hydrogen-bond donors (Lipinski definition) is 4. The van der Waals surface area contributed by atoms with Gasteiger partial charge in [0, 0.05) is 16.4 Å². The number of methoxy groups -OCH3 is 1. The molecule has 0 aliphatic carbocycles. The summed E-state index contributed by atoms with van der Waals surface area (Å²) in [5.74, 6) is 0.351. The van der Waals surface area contributed by atoms with Gasteiger partial charge in [0.1, 0.15) is 17.1 Å². The second-order valence-corrected chi connectivity index (χ2v) is 6.68. The molecular formula is C18H16BN5O5S. The van der Waals surface area contributed by atoms with E-state index in [2.05, 4.69) is 19.6 Å². The largest absolute Gasteiger partial charge is 0.497 e. The van der Waals surface area contributed by atoms with Crippen molar-refractivity contribution < 1.29 is 24.7 Å². The van der Waals surface area contributed by atoms with Crippen LogP contribution in [0.15, 0.2) is 42.9 Å². The Labute approximate surface area is 174 Å². The van der Waals surface area contributed by atoms with Crippen molar-refractivity contribution >= 4 is 47.2 Å². The molecule has 4 aromatic rings. The predicted octanol–water partition coefficient (Wildman–Crippen LogP) is 0.787. The van der Waals surface area contributed by atoms with Crippen LogP contribution in [0.1, 0.15) is 0 Å². The van der Waals surface area contributed by atoms with Crippen LogP contribution in [-0.2, 0) is 4.79 Å². The first-order valence-corrected chi connectivity index (χ1v) is 9.21. The first-order valence-electron chi connectivity index (χ1n) is 8.44. The van der Waals surface area contributed by atoms with Crippen molar-refractivity contribution in [3.05, 3.63) is 42.9 Å². The highest BCUT2D eigenvalue weighted by Crippen LogP contribution is 2.36. The summed E-state index contributed by atoms with van der Waals surface area (Å²) in [6.07, 6.45) is 2.97. The lowest BCUT2D eigenvalue weighted by atomic mass is 9.77. The Bertz CT molecular complexity index is 1170. The van der Waals surface area contributed by atoms with Crippen LogP contribution in [-0.4, -0.2) is 55.4 Å². The first-order chi connectivity index (χ1) is 14.5. The van der Waals surface area contributed by atoms with E-state index in [1.54, 1.807) is 12.1 Å². The Morgan fingerprint density at radius 3 is 2.60 bits per heavy atom. The van der Waals surface area contributed by atoms with Gasteiger partial charge in [0.25, 0.3) is 6.47 Å². The molecule has 0 radical (unpaired) electrons. The number of fused-ring (bicyclic) bond motifs is 1. The van der Waals surface area contributed by atoms with E-state index in [1.807, 2.05) is 18.2 Å². The predicted molar refractivity (Wildman–Crippen MR) is 113 cm³/mol. The van der Waals surface area contributed by atoms with Gasteiger partial charge in [-0.25, -0.2) is 4.98 Å². The Morgan fingerprint density at radius 2 is 1.97 bits per heavy atom. The monoisotopic (exact) mass is 425 g/mol. The Morgan fingerprint density at radius 1 is 1.20 bits per heavy atom. The third kappa shape index (κ3) is 4.20. The smallest absolute Gasteiger partial charge is 0.492 e. The number of nitrogens with zero attached hydrogens (tertiary/aromatic N) is 4. The summed E-state index contributed by atoms with van der Waals surface area (Å²) in [4.78, 5) is 12.6. The number of rotatable bonds is 4. The summed E-state index contributed by atoms with van der Waals surface area (Å²) < 4.78 is 9.38. The van der Waals surface area contributed by atoms with E-state index >= 15 is 0 Å². The minimum atomic E-state index is -1.68. The quantitative estimate of drug-likeness (QED) is 0.271. The fourth-order valence-corrected chi connectivity index (χ4v) is 3.49. The van der Waals surface area contributed by atoms with Crippen LogP contribution in [0.2, 0.25) is 0 Å². The number of nitrogens with two attached hydrogens (primary N) is 1. The van der Waals surface area contributed by atoms with Gasteiger partial charge in [-0.2, -0.15) is 14.6 Å². The number of benzene rings is 2. The molecule has 0 saturated carbocycles. The molecule has 2 heterocycles.